The predicted molar refractivity (Wildman–Crippen MR) is 153 cm³/mol. The minimum absolute atomic E-state index is 0.00315. The molecule has 0 aliphatic carbocycles. The van der Waals surface area contributed by atoms with Crippen LogP contribution in [0.5, 0.6) is 11.5 Å². The number of amides is 2. The highest BCUT2D eigenvalue weighted by Crippen LogP contribution is 2.36. The number of likely N-dealkylation sites (tertiary alicyclic amines) is 1. The van der Waals surface area contributed by atoms with Crippen LogP contribution in [0.25, 0.3) is 0 Å². The van der Waals surface area contributed by atoms with Crippen molar-refractivity contribution in [3.05, 3.63) is 95.6 Å². The molecule has 0 bridgehead atoms. The van der Waals surface area contributed by atoms with E-state index in [2.05, 4.69) is 55.3 Å². The number of hydrogen-bond acceptors (Lipinski definition) is 4. The Hall–Kier alpha value is -3.64. The number of rotatable bonds is 8. The molecular weight excluding hydrogens is 486 g/mol. The molecule has 204 valence electrons. The first-order valence-corrected chi connectivity index (χ1v) is 14.1. The maximum Gasteiger partial charge on any atom is 0.246 e. The number of aryl methyl sites for hydroxylation is 1. The molecule has 3 aromatic rings. The Morgan fingerprint density at radius 3 is 2.18 bits per heavy atom. The zero-order valence-electron chi connectivity index (χ0n) is 23.2. The van der Waals surface area contributed by atoms with Crippen LogP contribution in [-0.4, -0.2) is 46.3 Å². The number of benzene rings is 3. The Morgan fingerprint density at radius 1 is 0.872 bits per heavy atom. The van der Waals surface area contributed by atoms with E-state index in [0.717, 1.165) is 42.3 Å². The van der Waals surface area contributed by atoms with Crippen LogP contribution >= 0.6 is 0 Å². The second kappa shape index (κ2) is 11.6. The van der Waals surface area contributed by atoms with E-state index >= 15 is 0 Å². The minimum atomic E-state index is -0.809. The van der Waals surface area contributed by atoms with E-state index in [4.69, 9.17) is 4.74 Å². The van der Waals surface area contributed by atoms with Crippen LogP contribution in [-0.2, 0) is 22.7 Å². The van der Waals surface area contributed by atoms with Gasteiger partial charge in [-0.25, -0.2) is 0 Å². The van der Waals surface area contributed by atoms with Gasteiger partial charge in [0.25, 0.3) is 0 Å². The zero-order chi connectivity index (χ0) is 27.4. The third-order valence-electron chi connectivity index (χ3n) is 8.10. The van der Waals surface area contributed by atoms with Gasteiger partial charge in [0.05, 0.1) is 0 Å². The molecule has 1 atom stereocenters. The first kappa shape index (κ1) is 26.9. The largest absolute Gasteiger partial charge is 0.457 e. The van der Waals surface area contributed by atoms with Gasteiger partial charge in [0.1, 0.15) is 23.1 Å². The topological polar surface area (TPSA) is 61.9 Å². The molecule has 0 aromatic heterocycles. The van der Waals surface area contributed by atoms with Crippen molar-refractivity contribution in [2.75, 3.05) is 13.1 Å². The van der Waals surface area contributed by atoms with Crippen LogP contribution in [0.2, 0.25) is 0 Å². The van der Waals surface area contributed by atoms with Crippen LogP contribution in [0.1, 0.15) is 49.8 Å². The van der Waals surface area contributed by atoms with Crippen molar-refractivity contribution in [2.45, 2.75) is 64.7 Å². The van der Waals surface area contributed by atoms with E-state index in [-0.39, 0.29) is 11.8 Å². The van der Waals surface area contributed by atoms with Gasteiger partial charge in [0.15, 0.2) is 0 Å². The molecule has 2 amide bonds. The maximum atomic E-state index is 13.8. The van der Waals surface area contributed by atoms with Crippen LogP contribution in [0.15, 0.2) is 78.9 Å². The number of nitrogens with zero attached hydrogens (tertiary/aromatic N) is 2. The fraction of sp³-hybridized carbons (Fsp3) is 0.394. The Bertz CT molecular complexity index is 1280. The highest BCUT2D eigenvalue weighted by atomic mass is 16.5. The first-order chi connectivity index (χ1) is 18.8. The average Bonchev–Trinajstić information content (AvgIpc) is 2.93. The molecule has 0 saturated carbocycles. The molecule has 2 aliphatic heterocycles. The lowest BCUT2D eigenvalue weighted by Gasteiger charge is -2.52. The van der Waals surface area contributed by atoms with Gasteiger partial charge in [-0.3, -0.25) is 14.5 Å². The normalized spacial score (nSPS) is 19.4. The quantitative estimate of drug-likeness (QED) is 0.410. The molecule has 39 heavy (non-hydrogen) atoms. The molecule has 1 N–H and O–H groups in total. The van der Waals surface area contributed by atoms with Crippen LogP contribution < -0.4 is 10.1 Å². The van der Waals surface area contributed by atoms with Gasteiger partial charge in [-0.15, -0.1) is 0 Å². The van der Waals surface area contributed by atoms with Crippen molar-refractivity contribution >= 4 is 11.8 Å². The summed E-state index contributed by atoms with van der Waals surface area (Å²) in [6.45, 7) is 9.02. The molecule has 2 aliphatic rings. The second-order valence-corrected chi connectivity index (χ2v) is 11.4. The number of piperidine rings is 1. The van der Waals surface area contributed by atoms with Gasteiger partial charge in [0.2, 0.25) is 11.8 Å². The molecule has 3 aromatic carbocycles. The zero-order valence-corrected chi connectivity index (χ0v) is 23.2. The number of hydrogen-bond donors (Lipinski definition) is 1. The summed E-state index contributed by atoms with van der Waals surface area (Å²) in [4.78, 5) is 31.8. The molecular formula is C33H39N3O3. The van der Waals surface area contributed by atoms with E-state index in [1.54, 1.807) is 0 Å². The van der Waals surface area contributed by atoms with Gasteiger partial charge >= 0.3 is 0 Å². The summed E-state index contributed by atoms with van der Waals surface area (Å²) in [5, 5.41) is 3.12. The van der Waals surface area contributed by atoms with Gasteiger partial charge in [-0.2, -0.15) is 0 Å². The van der Waals surface area contributed by atoms with Gasteiger partial charge < -0.3 is 15.0 Å². The van der Waals surface area contributed by atoms with Crippen LogP contribution in [0.4, 0.5) is 0 Å². The third-order valence-corrected chi connectivity index (χ3v) is 8.10. The summed E-state index contributed by atoms with van der Waals surface area (Å²) in [6.07, 6.45) is 1.90. The molecule has 1 unspecified atom stereocenters. The number of ether oxygens (including phenoxy) is 1. The Morgan fingerprint density at radius 2 is 1.51 bits per heavy atom. The van der Waals surface area contributed by atoms with E-state index in [1.807, 2.05) is 59.5 Å². The lowest BCUT2D eigenvalue weighted by atomic mass is 9.80. The SMILES string of the molecule is Cc1ccccc1CN1C(=O)C(CC(C)C)NC(=O)C12CCN(Cc1ccc(Oc3ccccc3)cc1)CC2. The van der Waals surface area contributed by atoms with Crippen molar-refractivity contribution in [3.8, 4) is 11.5 Å². The molecule has 2 fully saturated rings. The Labute approximate surface area is 232 Å². The molecule has 6 heteroatoms. The highest BCUT2D eigenvalue weighted by Gasteiger charge is 2.53. The Balaban J connectivity index is 1.28. The summed E-state index contributed by atoms with van der Waals surface area (Å²) >= 11 is 0. The van der Waals surface area contributed by atoms with Gasteiger partial charge in [0, 0.05) is 26.2 Å². The van der Waals surface area contributed by atoms with Gasteiger partial charge in [-0.05, 0) is 73.1 Å². The predicted octanol–water partition coefficient (Wildman–Crippen LogP) is 5.70. The summed E-state index contributed by atoms with van der Waals surface area (Å²) in [6, 6.07) is 25.7. The number of nitrogens with one attached hydrogen (secondary N) is 1. The van der Waals surface area contributed by atoms with Crippen molar-refractivity contribution < 1.29 is 14.3 Å². The minimum Gasteiger partial charge on any atom is -0.457 e. The number of piperazine rings is 1. The number of para-hydroxylation sites is 1. The lowest BCUT2D eigenvalue weighted by Crippen LogP contribution is -2.72. The monoisotopic (exact) mass is 525 g/mol. The van der Waals surface area contributed by atoms with Crippen molar-refractivity contribution in [3.63, 3.8) is 0 Å². The molecule has 1 spiro atoms. The second-order valence-electron chi connectivity index (χ2n) is 11.4. The van der Waals surface area contributed by atoms with Crippen LogP contribution in [0, 0.1) is 12.8 Å². The van der Waals surface area contributed by atoms with E-state index in [0.29, 0.717) is 31.7 Å². The fourth-order valence-corrected chi connectivity index (χ4v) is 5.82. The van der Waals surface area contributed by atoms with E-state index in [1.165, 1.54) is 5.56 Å². The van der Waals surface area contributed by atoms with Crippen LogP contribution in [0.3, 0.4) is 0 Å². The smallest absolute Gasteiger partial charge is 0.246 e. The van der Waals surface area contributed by atoms with E-state index in [9.17, 15) is 9.59 Å². The maximum absolute atomic E-state index is 13.8. The van der Waals surface area contributed by atoms with Crippen molar-refractivity contribution in [1.82, 2.24) is 15.1 Å². The highest BCUT2D eigenvalue weighted by molar-refractivity contribution is 6.00. The summed E-state index contributed by atoms with van der Waals surface area (Å²) in [7, 11) is 0. The van der Waals surface area contributed by atoms with E-state index < -0.39 is 11.6 Å². The molecule has 0 radical (unpaired) electrons. The molecule has 2 heterocycles. The lowest BCUT2D eigenvalue weighted by molar-refractivity contribution is -0.162. The first-order valence-electron chi connectivity index (χ1n) is 14.1. The summed E-state index contributed by atoms with van der Waals surface area (Å²) in [5.74, 6) is 2.00. The standard InChI is InChI=1S/C33H39N3O3/c1-24(2)21-30-31(37)36(23-27-10-8-7-9-25(27)3)33(32(38)34-30)17-19-35(20-18-33)22-26-13-15-29(16-14-26)39-28-11-5-4-6-12-28/h4-16,24,30H,17-23H2,1-3H3,(H,34,38). The molecule has 2 saturated heterocycles. The third kappa shape index (κ3) is 6.01. The molecule has 6 nitrogen and oxygen atoms in total. The Kier molecular flexibility index (Phi) is 8.03. The number of carbonyl (C=O) groups is 2. The summed E-state index contributed by atoms with van der Waals surface area (Å²) in [5.41, 5.74) is 2.63. The van der Waals surface area contributed by atoms with Crippen molar-refractivity contribution in [2.24, 2.45) is 5.92 Å². The average molecular weight is 526 g/mol. The fourth-order valence-electron chi connectivity index (χ4n) is 5.82. The van der Waals surface area contributed by atoms with Crippen molar-refractivity contribution in [1.29, 1.82) is 0 Å². The van der Waals surface area contributed by atoms with Gasteiger partial charge in [-0.1, -0.05) is 68.4 Å². The number of carbonyl (C=O) groups excluding carboxylic acids is 2. The molecule has 5 rings (SSSR count). The summed E-state index contributed by atoms with van der Waals surface area (Å²) < 4.78 is 5.93.